The first kappa shape index (κ1) is 16.5. The Morgan fingerprint density at radius 3 is 2.68 bits per heavy atom. The van der Waals surface area contributed by atoms with Gasteiger partial charge in [0.05, 0.1) is 13.2 Å². The molecule has 1 aliphatic rings. The zero-order valence-corrected chi connectivity index (χ0v) is 13.6. The predicted octanol–water partition coefficient (Wildman–Crippen LogP) is 0.887. The van der Waals surface area contributed by atoms with Crippen LogP contribution in [0, 0.1) is 5.41 Å². The van der Waals surface area contributed by atoms with Gasteiger partial charge in [-0.3, -0.25) is 4.79 Å². The first-order valence-electron chi connectivity index (χ1n) is 7.64. The van der Waals surface area contributed by atoms with E-state index >= 15 is 0 Å². The Morgan fingerprint density at radius 2 is 2.00 bits per heavy atom. The highest BCUT2D eigenvalue weighted by atomic mass is 16.5. The number of nitrogens with one attached hydrogen (secondary N) is 2. The van der Waals surface area contributed by atoms with Crippen molar-refractivity contribution in [2.45, 2.75) is 20.8 Å². The summed E-state index contributed by atoms with van der Waals surface area (Å²) in [7, 11) is 0. The number of amides is 1. The van der Waals surface area contributed by atoms with Gasteiger partial charge in [0.2, 0.25) is 5.91 Å². The Bertz CT molecular complexity index is 495. The van der Waals surface area contributed by atoms with E-state index < -0.39 is 0 Å². The fraction of sp³-hybridized carbons (Fsp3) is 0.667. The Labute approximate surface area is 131 Å². The molecular weight excluding hydrogens is 282 g/mol. The lowest BCUT2D eigenvalue weighted by Crippen LogP contribution is -2.37. The van der Waals surface area contributed by atoms with Gasteiger partial charge in [0.1, 0.15) is 18.0 Å². The SMILES string of the molecule is CC(C)(C)C(=O)NCCNc1cc(N2CCOCC2)ncn1. The molecule has 2 N–H and O–H groups in total. The molecule has 2 heterocycles. The number of rotatable bonds is 5. The molecule has 122 valence electrons. The number of morpholine rings is 1. The molecule has 7 heteroatoms. The zero-order chi connectivity index (χ0) is 16.0. The maximum Gasteiger partial charge on any atom is 0.225 e. The van der Waals surface area contributed by atoms with Crippen LogP contribution in [0.4, 0.5) is 11.6 Å². The van der Waals surface area contributed by atoms with E-state index in [0.29, 0.717) is 13.1 Å². The summed E-state index contributed by atoms with van der Waals surface area (Å²) in [5.74, 6) is 1.71. The normalized spacial score (nSPS) is 15.5. The lowest BCUT2D eigenvalue weighted by molar-refractivity contribution is -0.128. The molecular formula is C15H25N5O2. The molecule has 1 aliphatic heterocycles. The molecule has 0 spiro atoms. The number of nitrogens with zero attached hydrogens (tertiary/aromatic N) is 3. The maximum absolute atomic E-state index is 11.8. The molecule has 0 radical (unpaired) electrons. The fourth-order valence-corrected chi connectivity index (χ4v) is 2.04. The second-order valence-corrected chi connectivity index (χ2v) is 6.29. The standard InChI is InChI=1S/C15H25N5O2/c1-15(2,3)14(21)17-5-4-16-12-10-13(19-11-18-12)20-6-8-22-9-7-20/h10-11H,4-9H2,1-3H3,(H,17,21)(H,16,18,19). The number of carbonyl (C=O) groups excluding carboxylic acids is 1. The molecule has 1 aromatic heterocycles. The number of ether oxygens (including phenoxy) is 1. The van der Waals surface area contributed by atoms with Crippen molar-refractivity contribution >= 4 is 17.5 Å². The monoisotopic (exact) mass is 307 g/mol. The van der Waals surface area contributed by atoms with Crippen LogP contribution in [0.3, 0.4) is 0 Å². The summed E-state index contributed by atoms with van der Waals surface area (Å²) in [6, 6.07) is 1.93. The zero-order valence-electron chi connectivity index (χ0n) is 13.6. The second-order valence-electron chi connectivity index (χ2n) is 6.29. The van der Waals surface area contributed by atoms with Crippen LogP contribution in [0.2, 0.25) is 0 Å². The van der Waals surface area contributed by atoms with E-state index in [1.165, 1.54) is 0 Å². The lowest BCUT2D eigenvalue weighted by Gasteiger charge is -2.27. The quantitative estimate of drug-likeness (QED) is 0.787. The number of anilines is 2. The minimum absolute atomic E-state index is 0.0472. The molecule has 22 heavy (non-hydrogen) atoms. The third-order valence-corrected chi connectivity index (χ3v) is 3.39. The highest BCUT2D eigenvalue weighted by Gasteiger charge is 2.20. The van der Waals surface area contributed by atoms with Crippen molar-refractivity contribution in [3.05, 3.63) is 12.4 Å². The molecule has 0 unspecified atom stereocenters. The first-order valence-corrected chi connectivity index (χ1v) is 7.64. The average Bonchev–Trinajstić information content (AvgIpc) is 2.51. The summed E-state index contributed by atoms with van der Waals surface area (Å²) in [4.78, 5) is 22.4. The summed E-state index contributed by atoms with van der Waals surface area (Å²) in [5, 5.41) is 6.11. The van der Waals surface area contributed by atoms with Crippen LogP contribution in [-0.2, 0) is 9.53 Å². The lowest BCUT2D eigenvalue weighted by atomic mass is 9.96. The van der Waals surface area contributed by atoms with Crippen molar-refractivity contribution in [2.75, 3.05) is 49.6 Å². The van der Waals surface area contributed by atoms with Crippen molar-refractivity contribution in [1.29, 1.82) is 0 Å². The van der Waals surface area contributed by atoms with E-state index in [1.54, 1.807) is 6.33 Å². The van der Waals surface area contributed by atoms with E-state index in [1.807, 2.05) is 26.8 Å². The molecule has 0 atom stereocenters. The highest BCUT2D eigenvalue weighted by molar-refractivity contribution is 5.81. The molecule has 0 aromatic carbocycles. The predicted molar refractivity (Wildman–Crippen MR) is 86.0 cm³/mol. The van der Waals surface area contributed by atoms with Crippen LogP contribution >= 0.6 is 0 Å². The van der Waals surface area contributed by atoms with Crippen molar-refractivity contribution in [1.82, 2.24) is 15.3 Å². The summed E-state index contributed by atoms with van der Waals surface area (Å²) in [6.45, 7) is 10.0. The van der Waals surface area contributed by atoms with Gasteiger partial charge >= 0.3 is 0 Å². The van der Waals surface area contributed by atoms with Gasteiger partial charge in [-0.25, -0.2) is 9.97 Å². The van der Waals surface area contributed by atoms with Crippen LogP contribution in [0.15, 0.2) is 12.4 Å². The maximum atomic E-state index is 11.8. The van der Waals surface area contributed by atoms with Crippen molar-refractivity contribution in [3.8, 4) is 0 Å². The van der Waals surface area contributed by atoms with Crippen LogP contribution in [0.1, 0.15) is 20.8 Å². The van der Waals surface area contributed by atoms with Gasteiger partial charge in [-0.1, -0.05) is 20.8 Å². The topological polar surface area (TPSA) is 79.4 Å². The first-order chi connectivity index (χ1) is 10.5. The van der Waals surface area contributed by atoms with E-state index in [2.05, 4.69) is 25.5 Å². The molecule has 0 bridgehead atoms. The number of carbonyl (C=O) groups is 1. The summed E-state index contributed by atoms with van der Waals surface area (Å²) in [5.41, 5.74) is -0.363. The highest BCUT2D eigenvalue weighted by Crippen LogP contribution is 2.15. The molecule has 1 amide bonds. The molecule has 0 aliphatic carbocycles. The van der Waals surface area contributed by atoms with Gasteiger partial charge in [0, 0.05) is 37.7 Å². The molecule has 1 saturated heterocycles. The molecule has 2 rings (SSSR count). The number of hydrogen-bond donors (Lipinski definition) is 2. The minimum atomic E-state index is -0.363. The smallest absolute Gasteiger partial charge is 0.225 e. The van der Waals surface area contributed by atoms with E-state index in [4.69, 9.17) is 4.74 Å². The van der Waals surface area contributed by atoms with Gasteiger partial charge < -0.3 is 20.3 Å². The van der Waals surface area contributed by atoms with Gasteiger partial charge in [0.15, 0.2) is 0 Å². The van der Waals surface area contributed by atoms with Crippen molar-refractivity contribution in [3.63, 3.8) is 0 Å². The molecule has 7 nitrogen and oxygen atoms in total. The molecule has 1 fully saturated rings. The summed E-state index contributed by atoms with van der Waals surface area (Å²) >= 11 is 0. The number of aromatic nitrogens is 2. The van der Waals surface area contributed by atoms with Crippen molar-refractivity contribution in [2.24, 2.45) is 5.41 Å². The van der Waals surface area contributed by atoms with Gasteiger partial charge in [-0.15, -0.1) is 0 Å². The Kier molecular flexibility index (Phi) is 5.54. The minimum Gasteiger partial charge on any atom is -0.378 e. The van der Waals surface area contributed by atoms with Gasteiger partial charge in [-0.2, -0.15) is 0 Å². The van der Waals surface area contributed by atoms with Gasteiger partial charge in [-0.05, 0) is 0 Å². The van der Waals surface area contributed by atoms with Crippen LogP contribution in [0.25, 0.3) is 0 Å². The molecule has 0 saturated carbocycles. The average molecular weight is 307 g/mol. The number of hydrogen-bond acceptors (Lipinski definition) is 6. The third-order valence-electron chi connectivity index (χ3n) is 3.39. The fourth-order valence-electron chi connectivity index (χ4n) is 2.04. The summed E-state index contributed by atoms with van der Waals surface area (Å²) < 4.78 is 5.34. The summed E-state index contributed by atoms with van der Waals surface area (Å²) in [6.07, 6.45) is 1.56. The second kappa shape index (κ2) is 7.40. The third kappa shape index (κ3) is 4.84. The Balaban J connectivity index is 1.79. The van der Waals surface area contributed by atoms with Crippen molar-refractivity contribution < 1.29 is 9.53 Å². The van der Waals surface area contributed by atoms with Crippen LogP contribution in [0.5, 0.6) is 0 Å². The van der Waals surface area contributed by atoms with E-state index in [-0.39, 0.29) is 11.3 Å². The van der Waals surface area contributed by atoms with E-state index in [9.17, 15) is 4.79 Å². The van der Waals surface area contributed by atoms with Gasteiger partial charge in [0.25, 0.3) is 0 Å². The Morgan fingerprint density at radius 1 is 1.27 bits per heavy atom. The Hall–Kier alpha value is -1.89. The van der Waals surface area contributed by atoms with Crippen LogP contribution in [-0.4, -0.2) is 55.3 Å². The largest absolute Gasteiger partial charge is 0.378 e. The molecule has 1 aromatic rings. The van der Waals surface area contributed by atoms with Crippen LogP contribution < -0.4 is 15.5 Å². The van der Waals surface area contributed by atoms with E-state index in [0.717, 1.165) is 37.9 Å².